The zero-order valence-electron chi connectivity index (χ0n) is 18.6. The topological polar surface area (TPSA) is 127 Å². The van der Waals surface area contributed by atoms with E-state index in [0.29, 0.717) is 6.42 Å². The van der Waals surface area contributed by atoms with Crippen molar-refractivity contribution in [3.05, 3.63) is 12.2 Å². The smallest absolute Gasteiger partial charge is 0.308 e. The van der Waals surface area contributed by atoms with Crippen LogP contribution in [0.25, 0.3) is 0 Å². The van der Waals surface area contributed by atoms with Crippen molar-refractivity contribution in [3.8, 4) is 0 Å². The van der Waals surface area contributed by atoms with Gasteiger partial charge in [-0.2, -0.15) is 0 Å². The van der Waals surface area contributed by atoms with Gasteiger partial charge >= 0.3 is 5.97 Å². The first-order valence-electron chi connectivity index (χ1n) is 11.6. The van der Waals surface area contributed by atoms with Gasteiger partial charge in [0.1, 0.15) is 18.3 Å². The highest BCUT2D eigenvalue weighted by molar-refractivity contribution is 5.69. The summed E-state index contributed by atoms with van der Waals surface area (Å²) in [5, 5.41) is 46.6. The number of carbonyl (C=O) groups is 1. The Morgan fingerprint density at radius 3 is 1.80 bits per heavy atom. The van der Waals surface area contributed by atoms with Gasteiger partial charge in [0.05, 0.1) is 6.61 Å². The van der Waals surface area contributed by atoms with Crippen LogP contribution in [-0.4, -0.2) is 62.7 Å². The standard InChI is InChI=1S/C23H44O7/c1-2-3-4-5-6-7-8-9-10-11-12-13-14-15-16-17-20(26)30-23(29)22(28)21(27)19(25)18-24/h9-10,19,21-25,27-29H,2-8,11-18H2,1H3/b10-9-/t19-,21-,22+,23?/m1/s1. The van der Waals surface area contributed by atoms with E-state index in [0.717, 1.165) is 32.1 Å². The molecule has 5 N–H and O–H groups in total. The molecule has 178 valence electrons. The minimum atomic E-state index is -1.95. The number of unbranched alkanes of at least 4 members (excludes halogenated alkanes) is 11. The predicted octanol–water partition coefficient (Wildman–Crippen LogP) is 2.96. The van der Waals surface area contributed by atoms with Crippen molar-refractivity contribution in [3.63, 3.8) is 0 Å². The quantitative estimate of drug-likeness (QED) is 0.0866. The molecule has 0 aromatic rings. The molecule has 0 saturated carbocycles. The van der Waals surface area contributed by atoms with Crippen molar-refractivity contribution in [2.24, 2.45) is 0 Å². The number of aliphatic hydroxyl groups is 5. The fraction of sp³-hybridized carbons (Fsp3) is 0.870. The van der Waals surface area contributed by atoms with Gasteiger partial charge in [-0.3, -0.25) is 4.79 Å². The molecule has 0 bridgehead atoms. The van der Waals surface area contributed by atoms with Crippen LogP contribution in [-0.2, 0) is 9.53 Å². The van der Waals surface area contributed by atoms with E-state index in [9.17, 15) is 25.2 Å². The third-order valence-electron chi connectivity index (χ3n) is 5.12. The maximum Gasteiger partial charge on any atom is 0.308 e. The zero-order valence-corrected chi connectivity index (χ0v) is 18.6. The van der Waals surface area contributed by atoms with Crippen molar-refractivity contribution >= 4 is 5.97 Å². The molecule has 0 spiro atoms. The van der Waals surface area contributed by atoms with E-state index in [1.165, 1.54) is 44.9 Å². The third-order valence-corrected chi connectivity index (χ3v) is 5.12. The first kappa shape index (κ1) is 29.0. The molecule has 7 nitrogen and oxygen atoms in total. The number of ether oxygens (including phenoxy) is 1. The van der Waals surface area contributed by atoms with Crippen molar-refractivity contribution in [2.45, 2.75) is 121 Å². The lowest BCUT2D eigenvalue weighted by Gasteiger charge is -2.25. The molecule has 0 aliphatic rings. The first-order valence-corrected chi connectivity index (χ1v) is 11.6. The monoisotopic (exact) mass is 432 g/mol. The first-order chi connectivity index (χ1) is 14.4. The molecular weight excluding hydrogens is 388 g/mol. The van der Waals surface area contributed by atoms with Gasteiger partial charge in [0.25, 0.3) is 0 Å². The predicted molar refractivity (Wildman–Crippen MR) is 117 cm³/mol. The van der Waals surface area contributed by atoms with Crippen LogP contribution in [0.2, 0.25) is 0 Å². The summed E-state index contributed by atoms with van der Waals surface area (Å²) in [6.45, 7) is 1.45. The second-order valence-corrected chi connectivity index (χ2v) is 7.95. The van der Waals surface area contributed by atoms with Crippen molar-refractivity contribution in [1.82, 2.24) is 0 Å². The minimum absolute atomic E-state index is 0.112. The summed E-state index contributed by atoms with van der Waals surface area (Å²) in [7, 11) is 0. The minimum Gasteiger partial charge on any atom is -0.433 e. The van der Waals surface area contributed by atoms with Gasteiger partial charge in [0.2, 0.25) is 6.29 Å². The molecular formula is C23H44O7. The highest BCUT2D eigenvalue weighted by Crippen LogP contribution is 2.12. The van der Waals surface area contributed by atoms with Crippen molar-refractivity contribution in [2.75, 3.05) is 6.61 Å². The van der Waals surface area contributed by atoms with E-state index in [1.807, 2.05) is 0 Å². The average Bonchev–Trinajstić information content (AvgIpc) is 2.74. The molecule has 30 heavy (non-hydrogen) atoms. The fourth-order valence-corrected chi connectivity index (χ4v) is 3.11. The summed E-state index contributed by atoms with van der Waals surface area (Å²) >= 11 is 0. The number of hydrogen-bond acceptors (Lipinski definition) is 7. The Morgan fingerprint density at radius 1 is 0.767 bits per heavy atom. The van der Waals surface area contributed by atoms with E-state index >= 15 is 0 Å². The van der Waals surface area contributed by atoms with Crippen LogP contribution in [0.5, 0.6) is 0 Å². The van der Waals surface area contributed by atoms with Gasteiger partial charge in [-0.05, 0) is 32.1 Å². The fourth-order valence-electron chi connectivity index (χ4n) is 3.11. The zero-order chi connectivity index (χ0) is 22.6. The molecule has 0 amide bonds. The van der Waals surface area contributed by atoms with Crippen molar-refractivity contribution in [1.29, 1.82) is 0 Å². The van der Waals surface area contributed by atoms with E-state index in [2.05, 4.69) is 23.8 Å². The number of allylic oxidation sites excluding steroid dienone is 2. The van der Waals surface area contributed by atoms with Gasteiger partial charge < -0.3 is 30.3 Å². The van der Waals surface area contributed by atoms with E-state index in [4.69, 9.17) is 5.11 Å². The lowest BCUT2D eigenvalue weighted by Crippen LogP contribution is -2.47. The van der Waals surface area contributed by atoms with Crippen LogP contribution < -0.4 is 0 Å². The van der Waals surface area contributed by atoms with Crippen LogP contribution in [0.1, 0.15) is 96.8 Å². The lowest BCUT2D eigenvalue weighted by molar-refractivity contribution is -0.209. The van der Waals surface area contributed by atoms with E-state index < -0.39 is 37.2 Å². The molecule has 1 unspecified atom stereocenters. The third kappa shape index (κ3) is 15.8. The lowest BCUT2D eigenvalue weighted by atomic mass is 10.1. The average molecular weight is 433 g/mol. The number of rotatable bonds is 20. The maximum atomic E-state index is 11.7. The number of esters is 1. The molecule has 0 fully saturated rings. The summed E-state index contributed by atoms with van der Waals surface area (Å²) in [6, 6.07) is 0. The molecule has 0 radical (unpaired) electrons. The van der Waals surface area contributed by atoms with Gasteiger partial charge in [0.15, 0.2) is 0 Å². The number of carbonyl (C=O) groups excluding carboxylic acids is 1. The van der Waals surface area contributed by atoms with E-state index in [-0.39, 0.29) is 6.42 Å². The summed E-state index contributed by atoms with van der Waals surface area (Å²) in [4.78, 5) is 11.7. The molecule has 0 aromatic carbocycles. The molecule has 7 heteroatoms. The number of aliphatic hydroxyl groups excluding tert-OH is 5. The second kappa shape index (κ2) is 19.9. The summed E-state index contributed by atoms with van der Waals surface area (Å²) in [5.74, 6) is -0.676. The molecule has 0 aromatic heterocycles. The molecule has 0 heterocycles. The van der Waals surface area contributed by atoms with Crippen LogP contribution in [0.3, 0.4) is 0 Å². The molecule has 0 saturated heterocycles. The van der Waals surface area contributed by atoms with Crippen LogP contribution in [0, 0.1) is 0 Å². The molecule has 0 rings (SSSR count). The van der Waals surface area contributed by atoms with Crippen LogP contribution in [0.15, 0.2) is 12.2 Å². The number of hydrogen-bond donors (Lipinski definition) is 5. The Labute approximate surface area is 181 Å². The molecule has 0 aliphatic carbocycles. The summed E-state index contributed by atoms with van der Waals surface area (Å²) < 4.78 is 4.65. The molecule has 0 aliphatic heterocycles. The van der Waals surface area contributed by atoms with Crippen molar-refractivity contribution < 1.29 is 35.1 Å². The SMILES string of the molecule is CCCCCCCC/C=C\CCCCCCCC(=O)OC(O)[C@@H](O)[C@H](O)[C@H](O)CO. The van der Waals surface area contributed by atoms with Crippen LogP contribution in [0.4, 0.5) is 0 Å². The summed E-state index contributed by atoms with van der Waals surface area (Å²) in [6.07, 6.45) is 12.4. The maximum absolute atomic E-state index is 11.7. The van der Waals surface area contributed by atoms with Gasteiger partial charge in [-0.25, -0.2) is 0 Å². The van der Waals surface area contributed by atoms with Crippen LogP contribution >= 0.6 is 0 Å². The second-order valence-electron chi connectivity index (χ2n) is 7.95. The Hall–Kier alpha value is -0.990. The van der Waals surface area contributed by atoms with Gasteiger partial charge in [0, 0.05) is 6.42 Å². The Balaban J connectivity index is 3.57. The largest absolute Gasteiger partial charge is 0.433 e. The normalized spacial score (nSPS) is 15.8. The Bertz CT molecular complexity index is 428. The van der Waals surface area contributed by atoms with E-state index in [1.54, 1.807) is 0 Å². The highest BCUT2D eigenvalue weighted by Gasteiger charge is 2.32. The Morgan fingerprint density at radius 2 is 1.27 bits per heavy atom. The molecule has 4 atom stereocenters. The van der Waals surface area contributed by atoms with Gasteiger partial charge in [-0.1, -0.05) is 70.4 Å². The summed E-state index contributed by atoms with van der Waals surface area (Å²) in [5.41, 5.74) is 0. The highest BCUT2D eigenvalue weighted by atomic mass is 16.6. The van der Waals surface area contributed by atoms with Gasteiger partial charge in [-0.15, -0.1) is 0 Å². The Kier molecular flexibility index (Phi) is 19.3.